The van der Waals surface area contributed by atoms with Crippen LogP contribution in [0.2, 0.25) is 0 Å². The van der Waals surface area contributed by atoms with E-state index in [2.05, 4.69) is 35.6 Å². The molecule has 4 aromatic heterocycles. The van der Waals surface area contributed by atoms with Gasteiger partial charge < -0.3 is 20.1 Å². The van der Waals surface area contributed by atoms with E-state index < -0.39 is 5.95 Å². The number of aromatic nitrogens is 6. The van der Waals surface area contributed by atoms with Crippen LogP contribution < -0.4 is 15.5 Å². The molecule has 5 rings (SSSR count). The van der Waals surface area contributed by atoms with Crippen LogP contribution in [0.5, 0.6) is 0 Å². The van der Waals surface area contributed by atoms with Crippen molar-refractivity contribution in [1.82, 2.24) is 34.8 Å². The molecule has 0 atom stereocenters. The van der Waals surface area contributed by atoms with Gasteiger partial charge in [-0.2, -0.15) is 4.39 Å². The van der Waals surface area contributed by atoms with Crippen LogP contribution >= 0.6 is 0 Å². The second-order valence-electron chi connectivity index (χ2n) is 7.93. The smallest absolute Gasteiger partial charge is 0.241 e. The van der Waals surface area contributed by atoms with E-state index in [0.717, 1.165) is 12.2 Å². The van der Waals surface area contributed by atoms with Gasteiger partial charge in [-0.3, -0.25) is 4.79 Å². The van der Waals surface area contributed by atoms with Crippen LogP contribution in [0.4, 0.5) is 21.8 Å². The molecule has 2 N–H and O–H groups in total. The van der Waals surface area contributed by atoms with Crippen LogP contribution in [-0.2, 0) is 4.79 Å². The number of carbonyl (C=O) groups is 1. The molecular weight excluding hydrogens is 425 g/mol. The Hall–Kier alpha value is -3.99. The second kappa shape index (κ2) is 8.51. The van der Waals surface area contributed by atoms with Gasteiger partial charge in [-0.05, 0) is 38.1 Å². The van der Waals surface area contributed by atoms with Gasteiger partial charge in [0, 0.05) is 25.3 Å². The van der Waals surface area contributed by atoms with E-state index in [1.54, 1.807) is 41.8 Å². The summed E-state index contributed by atoms with van der Waals surface area (Å²) in [5, 5.41) is 6.09. The van der Waals surface area contributed by atoms with Crippen molar-refractivity contribution in [3.63, 3.8) is 0 Å². The molecule has 1 aliphatic rings. The van der Waals surface area contributed by atoms with Crippen molar-refractivity contribution >= 4 is 34.4 Å². The maximum absolute atomic E-state index is 14.6. The minimum Gasteiger partial charge on any atom is -0.328 e. The topological polar surface area (TPSA) is 114 Å². The molecule has 1 amide bonds. The summed E-state index contributed by atoms with van der Waals surface area (Å²) in [5.74, 6) is 0.182. The first-order chi connectivity index (χ1) is 16.0. The number of amides is 1. The van der Waals surface area contributed by atoms with Gasteiger partial charge in [0.2, 0.25) is 17.8 Å². The average Bonchev–Trinajstić information content (AvgIpc) is 3.25. The third-order valence-electron chi connectivity index (χ3n) is 5.38. The highest BCUT2D eigenvalue weighted by Gasteiger charge is 2.19. The number of piperazine rings is 1. The summed E-state index contributed by atoms with van der Waals surface area (Å²) >= 11 is 0. The zero-order valence-electron chi connectivity index (χ0n) is 18.2. The van der Waals surface area contributed by atoms with E-state index in [9.17, 15) is 9.18 Å². The minimum atomic E-state index is -0.644. The van der Waals surface area contributed by atoms with Crippen LogP contribution in [0.25, 0.3) is 22.4 Å². The Morgan fingerprint density at radius 2 is 2.00 bits per heavy atom. The number of anilines is 3. The Kier molecular flexibility index (Phi) is 5.38. The predicted molar refractivity (Wildman–Crippen MR) is 122 cm³/mol. The Labute approximate surface area is 188 Å². The first-order valence-corrected chi connectivity index (χ1v) is 10.6. The third kappa shape index (κ3) is 4.10. The summed E-state index contributed by atoms with van der Waals surface area (Å²) in [7, 11) is 0. The number of hydrogen-bond acceptors (Lipinski definition) is 8. The van der Waals surface area contributed by atoms with Crippen molar-refractivity contribution in [3.05, 3.63) is 48.9 Å². The summed E-state index contributed by atoms with van der Waals surface area (Å²) < 4.78 is 16.5. The first kappa shape index (κ1) is 20.9. The van der Waals surface area contributed by atoms with Gasteiger partial charge in [0.05, 0.1) is 41.7 Å². The van der Waals surface area contributed by atoms with Crippen molar-refractivity contribution in [3.8, 4) is 11.4 Å². The number of halogens is 1. The lowest BCUT2D eigenvalue weighted by Gasteiger charge is -2.27. The Bertz CT molecular complexity index is 1320. The lowest BCUT2D eigenvalue weighted by molar-refractivity contribution is -0.118. The Morgan fingerprint density at radius 1 is 1.12 bits per heavy atom. The van der Waals surface area contributed by atoms with Crippen molar-refractivity contribution < 1.29 is 9.18 Å². The summed E-state index contributed by atoms with van der Waals surface area (Å²) in [6.07, 6.45) is 4.81. The molecule has 5 heterocycles. The van der Waals surface area contributed by atoms with E-state index in [0.29, 0.717) is 41.8 Å². The lowest BCUT2D eigenvalue weighted by Crippen LogP contribution is -2.48. The molecule has 0 aromatic carbocycles. The fourth-order valence-corrected chi connectivity index (χ4v) is 3.71. The SMILES string of the molecule is CC(C)n1cnc2c(F)nc(-c3ccnc(Nc4ccc(N5CCNCC5=O)cn4)n3)cc21. The van der Waals surface area contributed by atoms with Crippen molar-refractivity contribution in [2.75, 3.05) is 29.9 Å². The number of nitrogens with one attached hydrogen (secondary N) is 2. The van der Waals surface area contributed by atoms with Crippen molar-refractivity contribution in [2.24, 2.45) is 0 Å². The molecule has 11 heteroatoms. The maximum Gasteiger partial charge on any atom is 0.241 e. The van der Waals surface area contributed by atoms with E-state index in [-0.39, 0.29) is 17.5 Å². The predicted octanol–water partition coefficient (Wildman–Crippen LogP) is 2.68. The summed E-state index contributed by atoms with van der Waals surface area (Å²) in [5.41, 5.74) is 2.46. The van der Waals surface area contributed by atoms with E-state index in [1.165, 1.54) is 0 Å². The number of rotatable bonds is 5. The normalized spacial score (nSPS) is 14.3. The molecule has 10 nitrogen and oxygen atoms in total. The van der Waals surface area contributed by atoms with E-state index in [1.807, 2.05) is 24.5 Å². The molecular formula is C22H22FN9O. The van der Waals surface area contributed by atoms with E-state index in [4.69, 9.17) is 0 Å². The number of fused-ring (bicyclic) bond motifs is 1. The number of nitrogens with zero attached hydrogens (tertiary/aromatic N) is 7. The number of hydrogen-bond donors (Lipinski definition) is 2. The van der Waals surface area contributed by atoms with Gasteiger partial charge in [0.25, 0.3) is 0 Å². The van der Waals surface area contributed by atoms with Crippen LogP contribution in [0, 0.1) is 5.95 Å². The van der Waals surface area contributed by atoms with Gasteiger partial charge in [-0.15, -0.1) is 0 Å². The van der Waals surface area contributed by atoms with Crippen LogP contribution in [0.3, 0.4) is 0 Å². The minimum absolute atomic E-state index is 0.00954. The quantitative estimate of drug-likeness (QED) is 0.449. The van der Waals surface area contributed by atoms with E-state index >= 15 is 0 Å². The van der Waals surface area contributed by atoms with Gasteiger partial charge in [0.1, 0.15) is 11.3 Å². The molecule has 4 aromatic rings. The lowest BCUT2D eigenvalue weighted by atomic mass is 10.2. The molecule has 0 unspecified atom stereocenters. The molecule has 1 aliphatic heterocycles. The standard InChI is InChI=1S/C22H22FN9O/c1-13(2)32-12-27-20-17(32)9-16(28-21(20)23)15-5-6-25-22(29-15)30-18-4-3-14(10-26-18)31-8-7-24-11-19(31)33/h3-6,9-10,12-13,24H,7-8,11H2,1-2H3,(H,25,26,29,30). The zero-order valence-corrected chi connectivity index (χ0v) is 18.2. The average molecular weight is 447 g/mol. The summed E-state index contributed by atoms with van der Waals surface area (Å²) in [6.45, 7) is 5.66. The van der Waals surface area contributed by atoms with Gasteiger partial charge in [-0.25, -0.2) is 24.9 Å². The number of pyridine rings is 2. The maximum atomic E-state index is 14.6. The van der Waals surface area contributed by atoms with Crippen LogP contribution in [0.1, 0.15) is 19.9 Å². The number of carbonyl (C=O) groups excluding carboxylic acids is 1. The Balaban J connectivity index is 1.40. The summed E-state index contributed by atoms with van der Waals surface area (Å²) in [4.78, 5) is 35.0. The molecule has 0 aliphatic carbocycles. The monoisotopic (exact) mass is 447 g/mol. The van der Waals surface area contributed by atoms with Gasteiger partial charge in [-0.1, -0.05) is 0 Å². The highest BCUT2D eigenvalue weighted by molar-refractivity contribution is 5.95. The zero-order chi connectivity index (χ0) is 22.9. The molecule has 0 radical (unpaired) electrons. The number of imidazole rings is 1. The Morgan fingerprint density at radius 3 is 2.76 bits per heavy atom. The highest BCUT2D eigenvalue weighted by atomic mass is 19.1. The molecule has 168 valence electrons. The van der Waals surface area contributed by atoms with Crippen molar-refractivity contribution in [2.45, 2.75) is 19.9 Å². The van der Waals surface area contributed by atoms with Gasteiger partial charge >= 0.3 is 0 Å². The summed E-state index contributed by atoms with van der Waals surface area (Å²) in [6, 6.07) is 7.14. The van der Waals surface area contributed by atoms with Gasteiger partial charge in [0.15, 0.2) is 0 Å². The highest BCUT2D eigenvalue weighted by Crippen LogP contribution is 2.25. The molecule has 0 saturated carbocycles. The fraction of sp³-hybridized carbons (Fsp3) is 0.273. The molecule has 1 fully saturated rings. The molecule has 0 spiro atoms. The van der Waals surface area contributed by atoms with Crippen LogP contribution in [0.15, 0.2) is 43.0 Å². The molecule has 0 bridgehead atoms. The fourth-order valence-electron chi connectivity index (χ4n) is 3.71. The van der Waals surface area contributed by atoms with Crippen molar-refractivity contribution in [1.29, 1.82) is 0 Å². The second-order valence-corrected chi connectivity index (χ2v) is 7.93. The van der Waals surface area contributed by atoms with Crippen LogP contribution in [-0.4, -0.2) is 55.0 Å². The molecule has 1 saturated heterocycles. The molecule has 33 heavy (non-hydrogen) atoms. The third-order valence-corrected chi connectivity index (χ3v) is 5.38. The largest absolute Gasteiger partial charge is 0.328 e. The first-order valence-electron chi connectivity index (χ1n) is 10.6.